The molecule has 5 aromatic rings. The minimum absolute atomic E-state index is 0.175. The summed E-state index contributed by atoms with van der Waals surface area (Å²) in [7, 11) is 0. The highest BCUT2D eigenvalue weighted by Gasteiger charge is 2.30. The maximum absolute atomic E-state index is 13.3. The first kappa shape index (κ1) is 38.1. The van der Waals surface area contributed by atoms with Crippen LogP contribution in [-0.2, 0) is 13.1 Å². The summed E-state index contributed by atoms with van der Waals surface area (Å²) in [5.41, 5.74) is 5.35. The molecule has 1 atom stereocenters. The molecule has 5 heterocycles. The Balaban J connectivity index is 0.000000165. The fourth-order valence-electron chi connectivity index (χ4n) is 10.5. The smallest absolute Gasteiger partial charge is 0.253 e. The van der Waals surface area contributed by atoms with E-state index in [0.717, 1.165) is 99.6 Å². The van der Waals surface area contributed by atoms with Crippen molar-refractivity contribution in [3.05, 3.63) is 108 Å². The van der Waals surface area contributed by atoms with Gasteiger partial charge in [-0.2, -0.15) is 0 Å². The van der Waals surface area contributed by atoms with Crippen molar-refractivity contribution in [1.82, 2.24) is 34.1 Å². The number of piperazine rings is 2. The maximum Gasteiger partial charge on any atom is 0.253 e. The van der Waals surface area contributed by atoms with Crippen LogP contribution in [0.15, 0.2) is 91.3 Å². The van der Waals surface area contributed by atoms with Gasteiger partial charge in [-0.05, 0) is 99.2 Å². The standard InChI is InChI=1S/C30H38N4O.C18H23N3O/c35-30(32-19-17-31(18-20-32)27-9-4-5-10-27)26-12-13-29-25(21-26)14-16-34(29)23-28-11-6-15-33(28)22-24-7-2-1-3-8-24;22-18(15-5-6-17-14(13-15)7-8-19-17)21-11-9-20(10-12-21)16-3-1-2-4-16/h1-3,7-8,12-14,16,21,27-28H,4-6,9-11,15,17-20,22-23H2;5-8,13,16,19H,1-4,9-12H2/t28-;/m0./s1. The Kier molecular flexibility index (Phi) is 11.8. The number of likely N-dealkylation sites (tertiary alicyclic amines) is 1. The van der Waals surface area contributed by atoms with E-state index in [1.807, 2.05) is 41.4 Å². The molecule has 1 N–H and O–H groups in total. The zero-order valence-electron chi connectivity index (χ0n) is 33.7. The Hall–Kier alpha value is -4.44. The summed E-state index contributed by atoms with van der Waals surface area (Å²) in [6.45, 7) is 10.7. The quantitative estimate of drug-likeness (QED) is 0.174. The van der Waals surface area contributed by atoms with Gasteiger partial charge in [-0.3, -0.25) is 24.3 Å². The lowest BCUT2D eigenvalue weighted by Crippen LogP contribution is -2.51. The van der Waals surface area contributed by atoms with Crippen molar-refractivity contribution in [1.29, 1.82) is 0 Å². The number of benzene rings is 3. The highest BCUT2D eigenvalue weighted by Crippen LogP contribution is 2.28. The molecule has 0 spiro atoms. The predicted molar refractivity (Wildman–Crippen MR) is 230 cm³/mol. The maximum atomic E-state index is 13.3. The number of aromatic amines is 1. The minimum Gasteiger partial charge on any atom is -0.361 e. The molecular formula is C48H61N7O2. The number of aromatic nitrogens is 2. The molecule has 2 saturated carbocycles. The van der Waals surface area contributed by atoms with Crippen LogP contribution in [-0.4, -0.2) is 123 Å². The number of nitrogens with zero attached hydrogens (tertiary/aromatic N) is 6. The van der Waals surface area contributed by atoms with E-state index < -0.39 is 0 Å². The molecule has 5 aliphatic rings. The zero-order chi connectivity index (χ0) is 38.6. The van der Waals surface area contributed by atoms with Gasteiger partial charge in [0.2, 0.25) is 0 Å². The van der Waals surface area contributed by atoms with Crippen molar-refractivity contribution in [2.24, 2.45) is 0 Å². The van der Waals surface area contributed by atoms with E-state index in [-0.39, 0.29) is 11.8 Å². The monoisotopic (exact) mass is 767 g/mol. The molecule has 57 heavy (non-hydrogen) atoms. The van der Waals surface area contributed by atoms with Crippen molar-refractivity contribution in [3.63, 3.8) is 0 Å². The third kappa shape index (κ3) is 8.71. The number of hydrogen-bond donors (Lipinski definition) is 1. The number of amides is 2. The average molecular weight is 768 g/mol. The van der Waals surface area contributed by atoms with Crippen LogP contribution in [0.2, 0.25) is 0 Å². The Morgan fingerprint density at radius 1 is 0.579 bits per heavy atom. The van der Waals surface area contributed by atoms with Crippen LogP contribution in [0.1, 0.15) is 90.5 Å². The largest absolute Gasteiger partial charge is 0.361 e. The average Bonchev–Trinajstić information content (AvgIpc) is 4.13. The van der Waals surface area contributed by atoms with Crippen LogP contribution < -0.4 is 0 Å². The molecule has 2 amide bonds. The molecule has 9 heteroatoms. The summed E-state index contributed by atoms with van der Waals surface area (Å²) < 4.78 is 2.39. The van der Waals surface area contributed by atoms with E-state index in [4.69, 9.17) is 0 Å². The molecule has 0 bridgehead atoms. The first-order valence-corrected chi connectivity index (χ1v) is 22.1. The van der Waals surface area contributed by atoms with Gasteiger partial charge >= 0.3 is 0 Å². The SMILES string of the molecule is O=C(c1ccc2[nH]ccc2c1)N1CCN(C2CCCC2)CC1.O=C(c1ccc2c(ccn2C[C@@H]2CCCN2Cc2ccccc2)c1)N1CCN(C2CCCC2)CC1. The summed E-state index contributed by atoms with van der Waals surface area (Å²) in [5, 5.41) is 2.28. The van der Waals surface area contributed by atoms with Gasteiger partial charge in [-0.15, -0.1) is 0 Å². The van der Waals surface area contributed by atoms with Crippen molar-refractivity contribution in [2.75, 3.05) is 58.9 Å². The molecule has 0 unspecified atom stereocenters. The zero-order valence-corrected chi connectivity index (χ0v) is 33.7. The second kappa shape index (κ2) is 17.6. The molecule has 3 saturated heterocycles. The van der Waals surface area contributed by atoms with Crippen molar-refractivity contribution < 1.29 is 9.59 Å². The lowest BCUT2D eigenvalue weighted by molar-refractivity contribution is 0.0568. The van der Waals surface area contributed by atoms with Crippen molar-refractivity contribution in [2.45, 2.75) is 95.4 Å². The highest BCUT2D eigenvalue weighted by molar-refractivity contribution is 5.99. The number of hydrogen-bond acceptors (Lipinski definition) is 5. The fraction of sp³-hybridized carbons (Fsp3) is 0.500. The van der Waals surface area contributed by atoms with E-state index in [1.165, 1.54) is 87.2 Å². The third-order valence-electron chi connectivity index (χ3n) is 13.8. The summed E-state index contributed by atoms with van der Waals surface area (Å²) in [5.74, 6) is 0.365. The summed E-state index contributed by atoms with van der Waals surface area (Å²) >= 11 is 0. The van der Waals surface area contributed by atoms with Gasteiger partial charge in [-0.25, -0.2) is 0 Å². The molecule has 2 aliphatic carbocycles. The Bertz CT molecular complexity index is 2100. The second-order valence-electron chi connectivity index (χ2n) is 17.3. The predicted octanol–water partition coefficient (Wildman–Crippen LogP) is 7.87. The van der Waals surface area contributed by atoms with Gasteiger partial charge in [0.1, 0.15) is 0 Å². The number of H-pyrrole nitrogens is 1. The lowest BCUT2D eigenvalue weighted by atomic mass is 10.1. The van der Waals surface area contributed by atoms with Gasteiger partial charge in [-0.1, -0.05) is 56.0 Å². The van der Waals surface area contributed by atoms with Crippen LogP contribution in [0, 0.1) is 0 Å². The summed E-state index contributed by atoms with van der Waals surface area (Å²) in [6, 6.07) is 29.3. The lowest BCUT2D eigenvalue weighted by Gasteiger charge is -2.38. The van der Waals surface area contributed by atoms with Gasteiger partial charge in [0.15, 0.2) is 0 Å². The van der Waals surface area contributed by atoms with Crippen LogP contribution in [0.3, 0.4) is 0 Å². The van der Waals surface area contributed by atoms with Crippen LogP contribution >= 0.6 is 0 Å². The number of carbonyl (C=O) groups excluding carboxylic acids is 2. The second-order valence-corrected chi connectivity index (χ2v) is 17.3. The summed E-state index contributed by atoms with van der Waals surface area (Å²) in [6.07, 6.45) is 17.5. The topological polar surface area (TPSA) is 71.1 Å². The van der Waals surface area contributed by atoms with E-state index in [9.17, 15) is 9.59 Å². The van der Waals surface area contributed by atoms with E-state index in [1.54, 1.807) is 0 Å². The third-order valence-corrected chi connectivity index (χ3v) is 13.8. The molecule has 10 rings (SSSR count). The Labute approximate surface area is 338 Å². The van der Waals surface area contributed by atoms with E-state index >= 15 is 0 Å². The first-order chi connectivity index (χ1) is 28.1. The van der Waals surface area contributed by atoms with Gasteiger partial charge in [0.05, 0.1) is 0 Å². The number of rotatable bonds is 8. The molecule has 9 nitrogen and oxygen atoms in total. The molecule has 5 fully saturated rings. The molecular weight excluding hydrogens is 707 g/mol. The number of carbonyl (C=O) groups is 2. The van der Waals surface area contributed by atoms with Gasteiger partial charge in [0, 0.05) is 129 Å². The molecule has 3 aromatic carbocycles. The van der Waals surface area contributed by atoms with Crippen LogP contribution in [0.4, 0.5) is 0 Å². The van der Waals surface area contributed by atoms with Gasteiger partial charge in [0.25, 0.3) is 11.8 Å². The van der Waals surface area contributed by atoms with Crippen molar-refractivity contribution >= 4 is 33.6 Å². The molecule has 3 aliphatic heterocycles. The first-order valence-electron chi connectivity index (χ1n) is 22.1. The molecule has 300 valence electrons. The summed E-state index contributed by atoms with van der Waals surface area (Å²) in [4.78, 5) is 41.0. The normalized spacial score (nSPS) is 21.8. The van der Waals surface area contributed by atoms with Crippen molar-refractivity contribution in [3.8, 4) is 0 Å². The van der Waals surface area contributed by atoms with Crippen LogP contribution in [0.25, 0.3) is 21.8 Å². The number of nitrogens with one attached hydrogen (secondary N) is 1. The highest BCUT2D eigenvalue weighted by atomic mass is 16.2. The minimum atomic E-state index is 0.175. The molecule has 2 aromatic heterocycles. The fourth-order valence-corrected chi connectivity index (χ4v) is 10.5. The molecule has 0 radical (unpaired) electrons. The van der Waals surface area contributed by atoms with E-state index in [0.29, 0.717) is 6.04 Å². The Morgan fingerprint density at radius 3 is 1.81 bits per heavy atom. The van der Waals surface area contributed by atoms with Gasteiger partial charge < -0.3 is 19.4 Å². The van der Waals surface area contributed by atoms with Crippen LogP contribution in [0.5, 0.6) is 0 Å². The Morgan fingerprint density at radius 2 is 1.18 bits per heavy atom. The van der Waals surface area contributed by atoms with E-state index in [2.05, 4.69) is 83.9 Å². The number of fused-ring (bicyclic) bond motifs is 2.